The van der Waals surface area contributed by atoms with Gasteiger partial charge in [0.25, 0.3) is 0 Å². The summed E-state index contributed by atoms with van der Waals surface area (Å²) in [6.45, 7) is 2.71. The molecule has 1 fully saturated rings. The van der Waals surface area contributed by atoms with Crippen molar-refractivity contribution in [3.8, 4) is 0 Å². The fraction of sp³-hybridized carbons (Fsp3) is 0.750. The average Bonchev–Trinajstić information content (AvgIpc) is 2.79. The maximum Gasteiger partial charge on any atom is 0.309 e. The van der Waals surface area contributed by atoms with E-state index in [4.69, 9.17) is 4.74 Å². The van der Waals surface area contributed by atoms with Crippen LogP contribution >= 0.6 is 0 Å². The molecule has 3 atom stereocenters. The largest absolute Gasteiger partial charge is 0.465 e. The lowest BCUT2D eigenvalue weighted by Gasteiger charge is -2.16. The molecule has 0 aromatic rings. The normalized spacial score (nSPS) is 33.6. The lowest BCUT2D eigenvalue weighted by molar-refractivity contribution is -0.149. The fourth-order valence-corrected chi connectivity index (χ4v) is 2.48. The van der Waals surface area contributed by atoms with Gasteiger partial charge in [-0.05, 0) is 31.1 Å². The van der Waals surface area contributed by atoms with Crippen LogP contribution in [0.4, 0.5) is 0 Å². The van der Waals surface area contributed by atoms with Crippen molar-refractivity contribution in [2.45, 2.75) is 32.6 Å². The summed E-state index contributed by atoms with van der Waals surface area (Å²) in [7, 11) is 0. The molecule has 14 heavy (non-hydrogen) atoms. The van der Waals surface area contributed by atoms with Gasteiger partial charge in [-0.1, -0.05) is 25.5 Å². The molecule has 0 aromatic carbocycles. The van der Waals surface area contributed by atoms with Crippen molar-refractivity contribution in [1.29, 1.82) is 0 Å². The Labute approximate surface area is 85.3 Å². The number of hydrogen-bond donors (Lipinski definition) is 0. The first-order valence-corrected chi connectivity index (χ1v) is 5.66. The van der Waals surface area contributed by atoms with Crippen molar-refractivity contribution in [1.82, 2.24) is 0 Å². The second kappa shape index (κ2) is 4.16. The highest BCUT2D eigenvalue weighted by Gasteiger charge is 2.40. The van der Waals surface area contributed by atoms with Crippen molar-refractivity contribution in [3.05, 3.63) is 12.2 Å². The highest BCUT2D eigenvalue weighted by atomic mass is 16.5. The summed E-state index contributed by atoms with van der Waals surface area (Å²) in [4.78, 5) is 11.7. The van der Waals surface area contributed by atoms with Gasteiger partial charge < -0.3 is 4.74 Å². The molecule has 2 aliphatic carbocycles. The number of carbonyl (C=O) groups is 1. The Morgan fingerprint density at radius 1 is 1.43 bits per heavy atom. The molecule has 2 bridgehead atoms. The van der Waals surface area contributed by atoms with Crippen molar-refractivity contribution in [3.63, 3.8) is 0 Å². The monoisotopic (exact) mass is 194 g/mol. The first-order valence-electron chi connectivity index (χ1n) is 5.66. The third kappa shape index (κ3) is 1.84. The molecule has 2 rings (SSSR count). The Bertz CT molecular complexity index is 245. The molecule has 1 saturated carbocycles. The second-order valence-corrected chi connectivity index (χ2v) is 4.41. The van der Waals surface area contributed by atoms with Crippen molar-refractivity contribution in [2.75, 3.05) is 6.61 Å². The zero-order valence-corrected chi connectivity index (χ0v) is 8.74. The van der Waals surface area contributed by atoms with Gasteiger partial charge in [-0.3, -0.25) is 4.79 Å². The lowest BCUT2D eigenvalue weighted by atomic mass is 9.94. The van der Waals surface area contributed by atoms with E-state index in [1.807, 2.05) is 0 Å². The quantitative estimate of drug-likeness (QED) is 0.390. The predicted molar refractivity (Wildman–Crippen MR) is 54.7 cm³/mol. The molecule has 0 radical (unpaired) electrons. The Hall–Kier alpha value is -0.790. The topological polar surface area (TPSA) is 26.3 Å². The van der Waals surface area contributed by atoms with Crippen LogP contribution in [0, 0.1) is 17.8 Å². The number of allylic oxidation sites excluding steroid dienone is 2. The van der Waals surface area contributed by atoms with E-state index in [1.54, 1.807) is 0 Å². The maximum absolute atomic E-state index is 11.7. The van der Waals surface area contributed by atoms with E-state index in [9.17, 15) is 4.79 Å². The first kappa shape index (κ1) is 9.75. The molecule has 0 aliphatic heterocycles. The summed E-state index contributed by atoms with van der Waals surface area (Å²) < 4.78 is 5.25. The smallest absolute Gasteiger partial charge is 0.309 e. The number of ether oxygens (including phenoxy) is 1. The lowest BCUT2D eigenvalue weighted by Crippen LogP contribution is -2.21. The minimum atomic E-state index is 0.0373. The van der Waals surface area contributed by atoms with Crippen LogP contribution in [0.2, 0.25) is 0 Å². The SMILES string of the molecule is CCCCOC(=O)[C@H]1C[C@@H]2C=C[C@H]1C2. The summed E-state index contributed by atoms with van der Waals surface area (Å²) in [5.41, 5.74) is 0. The molecule has 0 saturated heterocycles. The fourth-order valence-electron chi connectivity index (χ4n) is 2.48. The van der Waals surface area contributed by atoms with Gasteiger partial charge in [0, 0.05) is 0 Å². The minimum absolute atomic E-state index is 0.0373. The van der Waals surface area contributed by atoms with Gasteiger partial charge >= 0.3 is 5.97 Å². The summed E-state index contributed by atoms with van der Waals surface area (Å²) >= 11 is 0. The van der Waals surface area contributed by atoms with E-state index < -0.39 is 0 Å². The van der Waals surface area contributed by atoms with Crippen LogP contribution in [0.5, 0.6) is 0 Å². The van der Waals surface area contributed by atoms with Crippen LogP contribution < -0.4 is 0 Å². The van der Waals surface area contributed by atoms with Crippen LogP contribution in [-0.4, -0.2) is 12.6 Å². The highest BCUT2D eigenvalue weighted by molar-refractivity contribution is 5.74. The molecule has 2 heteroatoms. The van der Waals surface area contributed by atoms with E-state index in [2.05, 4.69) is 19.1 Å². The number of fused-ring (bicyclic) bond motifs is 2. The number of hydrogen-bond acceptors (Lipinski definition) is 2. The third-order valence-corrected chi connectivity index (χ3v) is 3.32. The Kier molecular flexibility index (Phi) is 2.90. The Morgan fingerprint density at radius 2 is 2.29 bits per heavy atom. The molecule has 0 unspecified atom stereocenters. The van der Waals surface area contributed by atoms with Crippen molar-refractivity contribution in [2.24, 2.45) is 17.8 Å². The van der Waals surface area contributed by atoms with Crippen LogP contribution in [-0.2, 0) is 9.53 Å². The van der Waals surface area contributed by atoms with E-state index in [0.29, 0.717) is 18.4 Å². The van der Waals surface area contributed by atoms with Gasteiger partial charge in [0.15, 0.2) is 0 Å². The van der Waals surface area contributed by atoms with Gasteiger partial charge in [-0.15, -0.1) is 0 Å². The Balaban J connectivity index is 1.79. The standard InChI is InChI=1S/C12H18O2/c1-2-3-6-14-12(13)11-8-9-4-5-10(11)7-9/h4-5,9-11H,2-3,6-8H2,1H3/t9-,10+,11+/m1/s1. The van der Waals surface area contributed by atoms with Crippen LogP contribution in [0.15, 0.2) is 12.2 Å². The van der Waals surface area contributed by atoms with Gasteiger partial charge in [0.1, 0.15) is 0 Å². The molecule has 0 N–H and O–H groups in total. The van der Waals surface area contributed by atoms with Crippen molar-refractivity contribution >= 4 is 5.97 Å². The summed E-state index contributed by atoms with van der Waals surface area (Å²) in [5.74, 6) is 1.34. The van der Waals surface area contributed by atoms with Crippen LogP contribution in [0.3, 0.4) is 0 Å². The second-order valence-electron chi connectivity index (χ2n) is 4.41. The Morgan fingerprint density at radius 3 is 2.86 bits per heavy atom. The molecule has 0 amide bonds. The molecule has 78 valence electrons. The minimum Gasteiger partial charge on any atom is -0.465 e. The molecule has 0 aromatic heterocycles. The van der Waals surface area contributed by atoms with Crippen LogP contribution in [0.25, 0.3) is 0 Å². The van der Waals surface area contributed by atoms with Gasteiger partial charge in [-0.25, -0.2) is 0 Å². The van der Waals surface area contributed by atoms with E-state index in [-0.39, 0.29) is 11.9 Å². The van der Waals surface area contributed by atoms with Crippen molar-refractivity contribution < 1.29 is 9.53 Å². The highest BCUT2D eigenvalue weighted by Crippen LogP contribution is 2.43. The predicted octanol–water partition coefficient (Wildman–Crippen LogP) is 2.54. The molecular weight excluding hydrogens is 176 g/mol. The summed E-state index contributed by atoms with van der Waals surface area (Å²) in [5, 5.41) is 0. The van der Waals surface area contributed by atoms with Gasteiger partial charge in [-0.2, -0.15) is 0 Å². The molecular formula is C12H18O2. The third-order valence-electron chi connectivity index (χ3n) is 3.32. The number of carbonyl (C=O) groups excluding carboxylic acids is 1. The maximum atomic E-state index is 11.7. The molecule has 0 spiro atoms. The van der Waals surface area contributed by atoms with E-state index >= 15 is 0 Å². The van der Waals surface area contributed by atoms with Gasteiger partial charge in [0.2, 0.25) is 0 Å². The zero-order valence-electron chi connectivity index (χ0n) is 8.74. The van der Waals surface area contributed by atoms with E-state index in [1.165, 1.54) is 6.42 Å². The van der Waals surface area contributed by atoms with Gasteiger partial charge in [0.05, 0.1) is 12.5 Å². The number of rotatable bonds is 4. The molecule has 0 heterocycles. The summed E-state index contributed by atoms with van der Waals surface area (Å²) in [6, 6.07) is 0. The number of esters is 1. The molecule has 2 aliphatic rings. The molecule has 2 nitrogen and oxygen atoms in total. The number of unbranched alkanes of at least 4 members (excludes halogenated alkanes) is 1. The van der Waals surface area contributed by atoms with E-state index in [0.717, 1.165) is 19.3 Å². The average molecular weight is 194 g/mol. The zero-order chi connectivity index (χ0) is 9.97. The summed E-state index contributed by atoms with van der Waals surface area (Å²) in [6.07, 6.45) is 8.71. The first-order chi connectivity index (χ1) is 6.81. The van der Waals surface area contributed by atoms with Crippen LogP contribution in [0.1, 0.15) is 32.6 Å².